The van der Waals surface area contributed by atoms with Gasteiger partial charge in [-0.2, -0.15) is 0 Å². The van der Waals surface area contributed by atoms with Crippen LogP contribution in [0.3, 0.4) is 0 Å². The summed E-state index contributed by atoms with van der Waals surface area (Å²) in [4.78, 5) is 35.2. The van der Waals surface area contributed by atoms with E-state index in [1.54, 1.807) is 0 Å². The number of rotatable bonds is 9. The Morgan fingerprint density at radius 2 is 1.48 bits per heavy atom. The fraction of sp³-hybridized carbons (Fsp3) is 0.286. The molecule has 0 bridgehead atoms. The van der Waals surface area contributed by atoms with Crippen molar-refractivity contribution >= 4 is 23.4 Å². The summed E-state index contributed by atoms with van der Waals surface area (Å²) < 4.78 is 9.30. The summed E-state index contributed by atoms with van der Waals surface area (Å²) in [6.07, 6.45) is -0.0477. The number of nitrogens with one attached hydrogen (secondary N) is 1. The monoisotopic (exact) mass is 369 g/mol. The van der Waals surface area contributed by atoms with Crippen molar-refractivity contribution in [3.63, 3.8) is 0 Å². The van der Waals surface area contributed by atoms with E-state index < -0.39 is 18.0 Å². The minimum atomic E-state index is -0.817. The highest BCUT2D eigenvalue weighted by Gasteiger charge is 2.23. The number of Topliss-reactive ketones (excluding diaryl/α,β-unsaturated/α-hetero) is 1. The van der Waals surface area contributed by atoms with Crippen LogP contribution in [0.1, 0.15) is 19.3 Å². The van der Waals surface area contributed by atoms with Gasteiger partial charge in [-0.3, -0.25) is 9.59 Å². The van der Waals surface area contributed by atoms with E-state index >= 15 is 0 Å². The summed E-state index contributed by atoms with van der Waals surface area (Å²) in [6, 6.07) is 16.7. The fourth-order valence-electron chi connectivity index (χ4n) is 2.60. The first-order valence-electron chi connectivity index (χ1n) is 8.62. The molecule has 142 valence electrons. The second kappa shape index (κ2) is 10.1. The van der Waals surface area contributed by atoms with Crippen LogP contribution in [0.2, 0.25) is 0 Å². The van der Waals surface area contributed by atoms with E-state index in [-0.39, 0.29) is 25.0 Å². The molecule has 0 aliphatic rings. The zero-order chi connectivity index (χ0) is 19.6. The molecule has 0 radical (unpaired) electrons. The van der Waals surface area contributed by atoms with Gasteiger partial charge in [0.25, 0.3) is 0 Å². The average molecular weight is 369 g/mol. The number of ketones is 1. The van der Waals surface area contributed by atoms with Crippen molar-refractivity contribution in [1.29, 1.82) is 0 Å². The number of methoxy groups -OCH3 is 2. The van der Waals surface area contributed by atoms with Crippen LogP contribution in [-0.2, 0) is 23.9 Å². The molecule has 0 amide bonds. The number of hydrogen-bond acceptors (Lipinski definition) is 6. The lowest BCUT2D eigenvalue weighted by atomic mass is 10.0. The molecule has 2 rings (SSSR count). The number of benzene rings is 2. The van der Waals surface area contributed by atoms with Crippen LogP contribution < -0.4 is 5.32 Å². The maximum Gasteiger partial charge on any atom is 0.328 e. The van der Waals surface area contributed by atoms with Crippen molar-refractivity contribution < 1.29 is 23.9 Å². The molecule has 0 aliphatic carbocycles. The van der Waals surface area contributed by atoms with Crippen LogP contribution in [0.5, 0.6) is 0 Å². The minimum absolute atomic E-state index is 0.00496. The molecule has 2 aromatic rings. The van der Waals surface area contributed by atoms with Crippen LogP contribution in [0.25, 0.3) is 11.1 Å². The quantitative estimate of drug-likeness (QED) is 0.684. The molecule has 0 saturated heterocycles. The molecule has 1 N–H and O–H groups in total. The highest BCUT2D eigenvalue weighted by Crippen LogP contribution is 2.22. The van der Waals surface area contributed by atoms with Gasteiger partial charge < -0.3 is 14.8 Å². The topological polar surface area (TPSA) is 81.7 Å². The predicted molar refractivity (Wildman–Crippen MR) is 102 cm³/mol. The van der Waals surface area contributed by atoms with E-state index in [9.17, 15) is 14.4 Å². The van der Waals surface area contributed by atoms with Crippen LogP contribution in [0.4, 0.5) is 5.69 Å². The molecule has 0 fully saturated rings. The van der Waals surface area contributed by atoms with Crippen LogP contribution in [-0.4, -0.2) is 38.0 Å². The Kier molecular flexibility index (Phi) is 7.55. The van der Waals surface area contributed by atoms with Gasteiger partial charge in [-0.1, -0.05) is 42.5 Å². The smallest absolute Gasteiger partial charge is 0.328 e. The van der Waals surface area contributed by atoms with Crippen molar-refractivity contribution in [2.24, 2.45) is 0 Å². The standard InChI is InChI=1S/C21H23NO5/c1-26-20(24)13-12-18(23)14-19(21(25)27-2)22-17-10-8-16(9-11-17)15-6-4-3-5-7-15/h3-11,19,22H,12-14H2,1-2H3. The molecule has 0 aliphatic heterocycles. The molecule has 6 heteroatoms. The summed E-state index contributed by atoms with van der Waals surface area (Å²) in [5, 5.41) is 3.03. The first-order chi connectivity index (χ1) is 13.0. The van der Waals surface area contributed by atoms with Crippen LogP contribution in [0, 0.1) is 0 Å². The zero-order valence-electron chi connectivity index (χ0n) is 15.4. The van der Waals surface area contributed by atoms with Gasteiger partial charge in [0, 0.05) is 18.5 Å². The maximum atomic E-state index is 12.1. The van der Waals surface area contributed by atoms with Gasteiger partial charge in [-0.25, -0.2) is 4.79 Å². The third-order valence-electron chi connectivity index (χ3n) is 4.09. The first kappa shape index (κ1) is 20.2. The zero-order valence-corrected chi connectivity index (χ0v) is 15.4. The van der Waals surface area contributed by atoms with Crippen molar-refractivity contribution in [1.82, 2.24) is 0 Å². The number of hydrogen-bond donors (Lipinski definition) is 1. The van der Waals surface area contributed by atoms with Gasteiger partial charge in [0.1, 0.15) is 11.8 Å². The fourth-order valence-corrected chi connectivity index (χ4v) is 2.60. The third-order valence-corrected chi connectivity index (χ3v) is 4.09. The second-order valence-corrected chi connectivity index (χ2v) is 5.98. The normalized spacial score (nSPS) is 11.3. The molecule has 27 heavy (non-hydrogen) atoms. The second-order valence-electron chi connectivity index (χ2n) is 5.98. The Labute approximate surface area is 158 Å². The molecule has 2 aromatic carbocycles. The number of carbonyl (C=O) groups excluding carboxylic acids is 3. The van der Waals surface area contributed by atoms with Gasteiger partial charge in [0.05, 0.1) is 20.6 Å². The third kappa shape index (κ3) is 6.26. The largest absolute Gasteiger partial charge is 0.469 e. The highest BCUT2D eigenvalue weighted by atomic mass is 16.5. The van der Waals surface area contributed by atoms with Crippen molar-refractivity contribution in [3.05, 3.63) is 54.6 Å². The lowest BCUT2D eigenvalue weighted by Crippen LogP contribution is -2.33. The van der Waals surface area contributed by atoms with E-state index in [0.29, 0.717) is 5.69 Å². The van der Waals surface area contributed by atoms with Gasteiger partial charge in [0.2, 0.25) is 0 Å². The van der Waals surface area contributed by atoms with E-state index in [4.69, 9.17) is 4.74 Å². The first-order valence-corrected chi connectivity index (χ1v) is 8.62. The lowest BCUT2D eigenvalue weighted by molar-refractivity contribution is -0.143. The molecule has 0 heterocycles. The van der Waals surface area contributed by atoms with Crippen molar-refractivity contribution in [2.45, 2.75) is 25.3 Å². The van der Waals surface area contributed by atoms with Gasteiger partial charge in [0.15, 0.2) is 0 Å². The Hall–Kier alpha value is -3.15. The van der Waals surface area contributed by atoms with E-state index in [0.717, 1.165) is 11.1 Å². The predicted octanol–water partition coefficient (Wildman–Crippen LogP) is 3.22. The summed E-state index contributed by atoms with van der Waals surface area (Å²) in [5.74, 6) is -1.21. The number of carbonyl (C=O) groups is 3. The van der Waals surface area contributed by atoms with E-state index in [1.165, 1.54) is 14.2 Å². The molecule has 0 spiro atoms. The Morgan fingerprint density at radius 3 is 2.07 bits per heavy atom. The lowest BCUT2D eigenvalue weighted by Gasteiger charge is -2.17. The number of anilines is 1. The van der Waals surface area contributed by atoms with Crippen molar-refractivity contribution in [3.8, 4) is 11.1 Å². The summed E-state index contributed by atoms with van der Waals surface area (Å²) in [7, 11) is 2.54. The number of ether oxygens (including phenoxy) is 2. The molecule has 1 atom stereocenters. The summed E-state index contributed by atoms with van der Waals surface area (Å²) in [6.45, 7) is 0. The Morgan fingerprint density at radius 1 is 0.852 bits per heavy atom. The van der Waals surface area contributed by atoms with E-state index in [1.807, 2.05) is 54.6 Å². The van der Waals surface area contributed by atoms with Gasteiger partial charge >= 0.3 is 11.9 Å². The summed E-state index contributed by atoms with van der Waals surface area (Å²) in [5.41, 5.74) is 2.84. The molecular formula is C21H23NO5. The summed E-state index contributed by atoms with van der Waals surface area (Å²) >= 11 is 0. The molecular weight excluding hydrogens is 346 g/mol. The minimum Gasteiger partial charge on any atom is -0.469 e. The molecule has 0 aromatic heterocycles. The van der Waals surface area contributed by atoms with Crippen LogP contribution in [0.15, 0.2) is 54.6 Å². The maximum absolute atomic E-state index is 12.1. The van der Waals surface area contributed by atoms with Crippen molar-refractivity contribution in [2.75, 3.05) is 19.5 Å². The molecule has 6 nitrogen and oxygen atoms in total. The Bertz CT molecular complexity index is 771. The number of esters is 2. The molecule has 1 unspecified atom stereocenters. The molecule has 0 saturated carbocycles. The van der Waals surface area contributed by atoms with Gasteiger partial charge in [-0.05, 0) is 23.3 Å². The Balaban J connectivity index is 2.02. The highest BCUT2D eigenvalue weighted by molar-refractivity contribution is 5.90. The van der Waals surface area contributed by atoms with Crippen LogP contribution >= 0.6 is 0 Å². The average Bonchev–Trinajstić information content (AvgIpc) is 2.72. The van der Waals surface area contributed by atoms with Gasteiger partial charge in [-0.15, -0.1) is 0 Å². The van der Waals surface area contributed by atoms with E-state index in [2.05, 4.69) is 10.1 Å². The SMILES string of the molecule is COC(=O)CCC(=O)CC(Nc1ccc(-c2ccccc2)cc1)C(=O)OC.